The molecule has 0 unspecified atom stereocenters. The molecular weight excluding hydrogens is 482 g/mol. The third-order valence-corrected chi connectivity index (χ3v) is 7.87. The molecule has 38 heavy (non-hydrogen) atoms. The standard InChI is InChI=1S/C30H27N3O5/c1-29-12-13-30(38-29,14-15-37-20-9-6-18(7-10-20)16-24(32)34)26-25(29)27(35)33(28(26)36)23-11-8-19(17-31)21-4-2-3-5-22(21)23/h2-11,35-36H,12-16H2,1H3,(H2,32,34)/t29-,30-/m0/s1. The number of amides is 1. The van der Waals surface area contributed by atoms with Crippen molar-refractivity contribution < 1.29 is 24.5 Å². The van der Waals surface area contributed by atoms with Gasteiger partial charge in [-0.3, -0.25) is 9.36 Å². The molecule has 1 amide bonds. The van der Waals surface area contributed by atoms with Crippen LogP contribution in [0.3, 0.4) is 0 Å². The number of hydrogen-bond acceptors (Lipinski definition) is 6. The van der Waals surface area contributed by atoms with Crippen molar-refractivity contribution in [3.8, 4) is 29.3 Å². The van der Waals surface area contributed by atoms with Crippen molar-refractivity contribution in [3.05, 3.63) is 82.9 Å². The Labute approximate surface area is 219 Å². The lowest BCUT2D eigenvalue weighted by atomic mass is 9.78. The van der Waals surface area contributed by atoms with E-state index < -0.39 is 11.2 Å². The Morgan fingerprint density at radius 1 is 1.05 bits per heavy atom. The van der Waals surface area contributed by atoms with Crippen LogP contribution in [0.2, 0.25) is 0 Å². The highest BCUT2D eigenvalue weighted by Gasteiger charge is 2.61. The highest BCUT2D eigenvalue weighted by atomic mass is 16.5. The van der Waals surface area contributed by atoms with Crippen molar-refractivity contribution >= 4 is 16.7 Å². The number of hydrogen-bond donors (Lipinski definition) is 3. The minimum Gasteiger partial charge on any atom is -0.494 e. The van der Waals surface area contributed by atoms with E-state index in [0.717, 1.165) is 16.3 Å². The summed E-state index contributed by atoms with van der Waals surface area (Å²) in [6.45, 7) is 2.27. The van der Waals surface area contributed by atoms with Crippen LogP contribution in [0.5, 0.6) is 17.5 Å². The van der Waals surface area contributed by atoms with Gasteiger partial charge in [0.1, 0.15) is 11.4 Å². The number of carbonyl (C=O) groups excluding carboxylic acids is 1. The van der Waals surface area contributed by atoms with E-state index in [-0.39, 0.29) is 24.1 Å². The van der Waals surface area contributed by atoms with Crippen molar-refractivity contribution in [1.82, 2.24) is 4.57 Å². The summed E-state index contributed by atoms with van der Waals surface area (Å²) in [6, 6.07) is 20.3. The van der Waals surface area contributed by atoms with E-state index in [2.05, 4.69) is 6.07 Å². The second kappa shape index (κ2) is 8.54. The first-order valence-electron chi connectivity index (χ1n) is 12.6. The van der Waals surface area contributed by atoms with Crippen LogP contribution in [-0.4, -0.2) is 27.3 Å². The average molecular weight is 510 g/mol. The Balaban J connectivity index is 1.34. The maximum Gasteiger partial charge on any atom is 0.221 e. The van der Waals surface area contributed by atoms with Gasteiger partial charge in [-0.05, 0) is 49.6 Å². The quantitative estimate of drug-likeness (QED) is 0.333. The van der Waals surface area contributed by atoms with Crippen molar-refractivity contribution in [2.75, 3.05) is 6.61 Å². The number of nitrogens with two attached hydrogens (primary N) is 1. The third kappa shape index (κ3) is 3.51. The number of nitriles is 1. The van der Waals surface area contributed by atoms with Crippen LogP contribution in [0.4, 0.5) is 0 Å². The van der Waals surface area contributed by atoms with Crippen LogP contribution < -0.4 is 10.5 Å². The van der Waals surface area contributed by atoms with Gasteiger partial charge in [0.15, 0.2) is 0 Å². The number of rotatable bonds is 7. The number of fused-ring (bicyclic) bond motifs is 6. The Kier molecular flexibility index (Phi) is 5.37. The zero-order chi connectivity index (χ0) is 26.7. The molecule has 2 bridgehead atoms. The lowest BCUT2D eigenvalue weighted by molar-refractivity contribution is -0.117. The smallest absolute Gasteiger partial charge is 0.221 e. The van der Waals surface area contributed by atoms with Gasteiger partial charge in [0.2, 0.25) is 17.7 Å². The van der Waals surface area contributed by atoms with Crippen molar-refractivity contribution in [3.63, 3.8) is 0 Å². The number of aromatic hydroxyl groups is 2. The van der Waals surface area contributed by atoms with E-state index >= 15 is 0 Å². The number of benzene rings is 3. The molecule has 192 valence electrons. The first-order valence-corrected chi connectivity index (χ1v) is 12.6. The number of nitrogens with zero attached hydrogens (tertiary/aromatic N) is 2. The van der Waals surface area contributed by atoms with Gasteiger partial charge >= 0.3 is 0 Å². The third-order valence-electron chi connectivity index (χ3n) is 7.87. The van der Waals surface area contributed by atoms with Crippen molar-refractivity contribution in [2.24, 2.45) is 5.73 Å². The molecule has 0 radical (unpaired) electrons. The minimum atomic E-state index is -0.800. The van der Waals surface area contributed by atoms with E-state index in [4.69, 9.17) is 15.2 Å². The largest absolute Gasteiger partial charge is 0.494 e. The van der Waals surface area contributed by atoms with Crippen molar-refractivity contribution in [2.45, 2.75) is 43.8 Å². The second-order valence-corrected chi connectivity index (χ2v) is 10.2. The summed E-state index contributed by atoms with van der Waals surface area (Å²) in [5.41, 5.74) is 6.85. The molecule has 8 nitrogen and oxygen atoms in total. The molecule has 2 aliphatic heterocycles. The fraction of sp³-hybridized carbons (Fsp3) is 0.267. The normalized spacial score (nSPS) is 21.4. The number of carbonyl (C=O) groups is 1. The first-order chi connectivity index (χ1) is 18.3. The molecule has 3 heterocycles. The summed E-state index contributed by atoms with van der Waals surface area (Å²) in [5, 5.41) is 34.1. The molecule has 2 atom stereocenters. The Bertz CT molecular complexity index is 1630. The lowest BCUT2D eigenvalue weighted by Crippen LogP contribution is -2.25. The number of ether oxygens (including phenoxy) is 2. The number of primary amides is 1. The topological polar surface area (TPSA) is 131 Å². The van der Waals surface area contributed by atoms with E-state index in [0.29, 0.717) is 54.0 Å². The SMILES string of the molecule is C[C@@]12CC[C@@](CCOc3ccc(CC(N)=O)cc3)(O1)c1c2c(O)n(-c2ccc(C#N)c3ccccc23)c1O. The average Bonchev–Trinajstić information content (AvgIpc) is 3.48. The highest BCUT2D eigenvalue weighted by molar-refractivity contribution is 5.95. The zero-order valence-electron chi connectivity index (χ0n) is 20.9. The van der Waals surface area contributed by atoms with Gasteiger partial charge < -0.3 is 25.4 Å². The maximum atomic E-state index is 11.6. The van der Waals surface area contributed by atoms with E-state index in [1.807, 2.05) is 31.2 Å². The van der Waals surface area contributed by atoms with E-state index in [1.165, 1.54) is 4.57 Å². The molecule has 1 aromatic heterocycles. The molecule has 3 aromatic carbocycles. The molecule has 1 fully saturated rings. The molecule has 6 rings (SSSR count). The summed E-state index contributed by atoms with van der Waals surface area (Å²) in [6.07, 6.45) is 2.03. The molecule has 0 aliphatic carbocycles. The minimum absolute atomic E-state index is 0.0533. The van der Waals surface area contributed by atoms with Gasteiger partial charge in [-0.1, -0.05) is 36.4 Å². The maximum absolute atomic E-state index is 11.6. The first kappa shape index (κ1) is 23.9. The number of aromatic nitrogens is 1. The van der Waals surface area contributed by atoms with Crippen molar-refractivity contribution in [1.29, 1.82) is 5.26 Å². The second-order valence-electron chi connectivity index (χ2n) is 10.2. The Hall–Kier alpha value is -4.48. The summed E-state index contributed by atoms with van der Waals surface area (Å²) < 4.78 is 14.0. The zero-order valence-corrected chi connectivity index (χ0v) is 20.9. The van der Waals surface area contributed by atoms with Gasteiger partial charge in [-0.15, -0.1) is 0 Å². The molecule has 4 N–H and O–H groups in total. The van der Waals surface area contributed by atoms with Gasteiger partial charge in [0, 0.05) is 17.2 Å². The summed E-state index contributed by atoms with van der Waals surface area (Å²) >= 11 is 0. The van der Waals surface area contributed by atoms with Crippen LogP contribution in [0.15, 0.2) is 60.7 Å². The summed E-state index contributed by atoms with van der Waals surface area (Å²) in [7, 11) is 0. The summed E-state index contributed by atoms with van der Waals surface area (Å²) in [5.74, 6) is 0.150. The molecule has 1 saturated heterocycles. The monoisotopic (exact) mass is 509 g/mol. The van der Waals surface area contributed by atoms with Gasteiger partial charge in [0.05, 0.1) is 47.1 Å². The van der Waals surface area contributed by atoms with Gasteiger partial charge in [0.25, 0.3) is 0 Å². The fourth-order valence-corrected chi connectivity index (χ4v) is 6.15. The molecule has 0 saturated carbocycles. The van der Waals surface area contributed by atoms with Crippen LogP contribution in [0.25, 0.3) is 16.5 Å². The Morgan fingerprint density at radius 3 is 2.47 bits per heavy atom. The van der Waals surface area contributed by atoms with Gasteiger partial charge in [-0.2, -0.15) is 5.26 Å². The fourth-order valence-electron chi connectivity index (χ4n) is 6.15. The predicted molar refractivity (Wildman–Crippen MR) is 140 cm³/mol. The van der Waals surface area contributed by atoms with Crippen LogP contribution in [0, 0.1) is 11.3 Å². The molecular formula is C30H27N3O5. The van der Waals surface area contributed by atoms with Crippen LogP contribution in [-0.2, 0) is 27.2 Å². The molecule has 8 heteroatoms. The summed E-state index contributed by atoms with van der Waals surface area (Å²) in [4.78, 5) is 11.1. The molecule has 0 spiro atoms. The lowest BCUT2D eigenvalue weighted by Gasteiger charge is -2.26. The van der Waals surface area contributed by atoms with Crippen LogP contribution in [0.1, 0.15) is 48.4 Å². The Morgan fingerprint density at radius 2 is 1.76 bits per heavy atom. The predicted octanol–water partition coefficient (Wildman–Crippen LogP) is 4.64. The van der Waals surface area contributed by atoms with Gasteiger partial charge in [-0.25, -0.2) is 0 Å². The van der Waals surface area contributed by atoms with Crippen LogP contribution >= 0.6 is 0 Å². The molecule has 4 aromatic rings. The van der Waals surface area contributed by atoms with E-state index in [1.54, 1.807) is 36.4 Å². The van der Waals surface area contributed by atoms with E-state index in [9.17, 15) is 20.3 Å². The molecule has 2 aliphatic rings. The highest BCUT2D eigenvalue weighted by Crippen LogP contribution is 2.65.